The van der Waals surface area contributed by atoms with Crippen molar-refractivity contribution in [1.82, 2.24) is 0 Å². The molecule has 0 aromatic rings. The maximum absolute atomic E-state index is 5.49. The predicted molar refractivity (Wildman–Crippen MR) is 112 cm³/mol. The van der Waals surface area contributed by atoms with E-state index in [-0.39, 0.29) is 6.29 Å². The smallest absolute Gasteiger partial charge is 0.210 e. The van der Waals surface area contributed by atoms with Crippen molar-refractivity contribution < 1.29 is 9.47 Å². The average molecular weight is 365 g/mol. The fraction of sp³-hybridized carbons (Fsp3) is 0.917. The summed E-state index contributed by atoms with van der Waals surface area (Å²) in [5, 5.41) is 0. The first kappa shape index (κ1) is 23.4. The fourth-order valence-electron chi connectivity index (χ4n) is 3.55. The van der Waals surface area contributed by atoms with E-state index in [0.29, 0.717) is 0 Å². The summed E-state index contributed by atoms with van der Waals surface area (Å²) in [5.74, 6) is 3.13. The molecule has 0 aromatic carbocycles. The molecule has 0 aliphatic carbocycles. The molecule has 2 heteroatoms. The Morgan fingerprint density at radius 3 is 1.77 bits per heavy atom. The summed E-state index contributed by atoms with van der Waals surface area (Å²) in [6.07, 6.45) is 28.2. The summed E-state index contributed by atoms with van der Waals surface area (Å²) in [4.78, 5) is 0. The molecule has 0 spiro atoms. The zero-order chi connectivity index (χ0) is 18.5. The van der Waals surface area contributed by atoms with Gasteiger partial charge in [-0.1, -0.05) is 103 Å². The molecule has 152 valence electrons. The van der Waals surface area contributed by atoms with Gasteiger partial charge in [-0.25, -0.2) is 0 Å². The van der Waals surface area contributed by atoms with Crippen molar-refractivity contribution in [2.24, 2.45) is 0 Å². The van der Waals surface area contributed by atoms with E-state index >= 15 is 0 Å². The lowest BCUT2D eigenvalue weighted by Gasteiger charge is -2.19. The van der Waals surface area contributed by atoms with Gasteiger partial charge >= 0.3 is 0 Å². The van der Waals surface area contributed by atoms with Gasteiger partial charge in [-0.3, -0.25) is 0 Å². The lowest BCUT2D eigenvalue weighted by atomic mass is 10.0. The van der Waals surface area contributed by atoms with Crippen molar-refractivity contribution in [2.75, 3.05) is 6.61 Å². The molecular formula is C24H44O2. The maximum Gasteiger partial charge on any atom is 0.210 e. The lowest BCUT2D eigenvalue weighted by Crippen LogP contribution is -2.20. The third-order valence-electron chi connectivity index (χ3n) is 5.31. The highest BCUT2D eigenvalue weighted by molar-refractivity contribution is 4.91. The molecule has 0 radical (unpaired) electrons. The van der Waals surface area contributed by atoms with Crippen molar-refractivity contribution in [3.63, 3.8) is 0 Å². The minimum absolute atomic E-state index is 0.0719. The third-order valence-corrected chi connectivity index (χ3v) is 5.31. The Balaban J connectivity index is 1.71. The van der Waals surface area contributed by atoms with Crippen molar-refractivity contribution in [3.05, 3.63) is 0 Å². The molecule has 1 rings (SSSR count). The number of ether oxygens (including phenoxy) is 2. The average Bonchev–Trinajstić information content (AvgIpc) is 2.68. The van der Waals surface area contributed by atoms with E-state index in [4.69, 9.17) is 9.47 Å². The highest BCUT2D eigenvalue weighted by Gasteiger charge is 2.12. The van der Waals surface area contributed by atoms with E-state index in [0.717, 1.165) is 25.9 Å². The van der Waals surface area contributed by atoms with Gasteiger partial charge in [0.2, 0.25) is 6.29 Å². The number of rotatable bonds is 16. The number of hydrogen-bond donors (Lipinski definition) is 0. The third kappa shape index (κ3) is 15.6. The minimum Gasteiger partial charge on any atom is -0.414 e. The zero-order valence-corrected chi connectivity index (χ0v) is 17.5. The van der Waals surface area contributed by atoms with Gasteiger partial charge in [-0.2, -0.15) is 0 Å². The Labute approximate surface area is 163 Å². The van der Waals surface area contributed by atoms with Crippen LogP contribution in [-0.4, -0.2) is 12.9 Å². The highest BCUT2D eigenvalue weighted by atomic mass is 16.7. The van der Waals surface area contributed by atoms with E-state index < -0.39 is 0 Å². The van der Waals surface area contributed by atoms with Crippen LogP contribution in [0.1, 0.15) is 129 Å². The fourth-order valence-corrected chi connectivity index (χ4v) is 3.55. The van der Waals surface area contributed by atoms with Crippen LogP contribution in [-0.2, 0) is 9.47 Å². The van der Waals surface area contributed by atoms with Gasteiger partial charge in [-0.15, -0.1) is 0 Å². The van der Waals surface area contributed by atoms with E-state index in [9.17, 15) is 0 Å². The maximum atomic E-state index is 5.49. The van der Waals surface area contributed by atoms with Crippen molar-refractivity contribution in [2.45, 2.75) is 135 Å². The van der Waals surface area contributed by atoms with E-state index in [1.54, 1.807) is 0 Å². The summed E-state index contributed by atoms with van der Waals surface area (Å²) < 4.78 is 10.9. The molecule has 1 heterocycles. The topological polar surface area (TPSA) is 18.5 Å². The summed E-state index contributed by atoms with van der Waals surface area (Å²) >= 11 is 0. The van der Waals surface area contributed by atoms with Gasteiger partial charge in [0.05, 0.1) is 6.61 Å². The van der Waals surface area contributed by atoms with Gasteiger partial charge in [0.1, 0.15) is 6.11 Å². The Morgan fingerprint density at radius 2 is 1.27 bits per heavy atom. The SMILES string of the molecule is CCCCCCCCCCCCCCCCCC#COC1CCCCO1. The van der Waals surface area contributed by atoms with Gasteiger partial charge in [0.25, 0.3) is 0 Å². The second-order valence-electron chi connectivity index (χ2n) is 7.89. The quantitative estimate of drug-likeness (QED) is 0.206. The molecule has 26 heavy (non-hydrogen) atoms. The van der Waals surface area contributed by atoms with Gasteiger partial charge in [0.15, 0.2) is 0 Å². The van der Waals surface area contributed by atoms with Crippen LogP contribution in [0.15, 0.2) is 0 Å². The summed E-state index contributed by atoms with van der Waals surface area (Å²) in [7, 11) is 0. The van der Waals surface area contributed by atoms with Gasteiger partial charge in [-0.05, 0) is 19.3 Å². The second kappa shape index (κ2) is 19.1. The minimum atomic E-state index is -0.0719. The molecule has 1 aliphatic rings. The molecule has 0 saturated carbocycles. The number of hydrogen-bond acceptors (Lipinski definition) is 2. The van der Waals surface area contributed by atoms with Gasteiger partial charge < -0.3 is 9.47 Å². The highest BCUT2D eigenvalue weighted by Crippen LogP contribution is 2.14. The predicted octanol–water partition coefficient (Wildman–Crippen LogP) is 7.75. The van der Waals surface area contributed by atoms with Crippen molar-refractivity contribution in [1.29, 1.82) is 0 Å². The number of unbranched alkanes of at least 4 members (excludes halogenated alkanes) is 15. The molecule has 1 atom stereocenters. The normalized spacial score (nSPS) is 16.9. The van der Waals surface area contributed by atoms with E-state index in [2.05, 4.69) is 19.0 Å². The molecule has 1 aliphatic heterocycles. The second-order valence-corrected chi connectivity index (χ2v) is 7.89. The Kier molecular flexibility index (Phi) is 17.2. The molecule has 0 amide bonds. The molecule has 1 unspecified atom stereocenters. The first-order valence-corrected chi connectivity index (χ1v) is 11.7. The molecular weight excluding hydrogens is 320 g/mol. The Bertz CT molecular complexity index is 336. The monoisotopic (exact) mass is 364 g/mol. The van der Waals surface area contributed by atoms with Crippen molar-refractivity contribution in [3.8, 4) is 12.0 Å². The first-order chi connectivity index (χ1) is 12.9. The van der Waals surface area contributed by atoms with Crippen LogP contribution in [0.2, 0.25) is 0 Å². The summed E-state index contributed by atoms with van der Waals surface area (Å²) in [6, 6.07) is 0. The standard InChI is InChI=1S/C24H44O2/c1-2-3-4-5-6-7-8-9-10-11-12-13-14-15-16-17-19-22-25-24-21-18-20-23-26-24/h24H,2-18,20-21,23H2,1H3. The molecule has 0 bridgehead atoms. The summed E-state index contributed by atoms with van der Waals surface area (Å²) in [6.45, 7) is 3.11. The van der Waals surface area contributed by atoms with Crippen LogP contribution in [0.5, 0.6) is 0 Å². The van der Waals surface area contributed by atoms with Crippen LogP contribution in [0, 0.1) is 12.0 Å². The van der Waals surface area contributed by atoms with Crippen LogP contribution in [0.25, 0.3) is 0 Å². The molecule has 0 N–H and O–H groups in total. The van der Waals surface area contributed by atoms with E-state index in [1.807, 2.05) is 0 Å². The van der Waals surface area contributed by atoms with Crippen LogP contribution < -0.4 is 0 Å². The van der Waals surface area contributed by atoms with Crippen LogP contribution in [0.4, 0.5) is 0 Å². The van der Waals surface area contributed by atoms with Crippen LogP contribution >= 0.6 is 0 Å². The largest absolute Gasteiger partial charge is 0.414 e. The molecule has 2 nitrogen and oxygen atoms in total. The molecule has 0 aromatic heterocycles. The molecule has 1 fully saturated rings. The molecule has 1 saturated heterocycles. The van der Waals surface area contributed by atoms with Gasteiger partial charge in [0, 0.05) is 12.8 Å². The van der Waals surface area contributed by atoms with E-state index in [1.165, 1.54) is 103 Å². The summed E-state index contributed by atoms with van der Waals surface area (Å²) in [5.41, 5.74) is 0. The lowest BCUT2D eigenvalue weighted by molar-refractivity contribution is -0.121. The Morgan fingerprint density at radius 1 is 0.731 bits per heavy atom. The van der Waals surface area contributed by atoms with Crippen molar-refractivity contribution >= 4 is 0 Å². The van der Waals surface area contributed by atoms with Crippen LogP contribution in [0.3, 0.4) is 0 Å². The first-order valence-electron chi connectivity index (χ1n) is 11.7. The Hall–Kier alpha value is -0.680. The zero-order valence-electron chi connectivity index (χ0n) is 17.5.